The molecule has 84 valence electrons. The van der Waals surface area contributed by atoms with E-state index in [0.717, 1.165) is 21.9 Å². The van der Waals surface area contributed by atoms with Crippen molar-refractivity contribution < 1.29 is 4.74 Å². The van der Waals surface area contributed by atoms with E-state index in [0.29, 0.717) is 19.1 Å². The molecule has 0 fully saturated rings. The van der Waals surface area contributed by atoms with Gasteiger partial charge < -0.3 is 10.5 Å². The van der Waals surface area contributed by atoms with Crippen molar-refractivity contribution in [1.82, 2.24) is 0 Å². The fourth-order valence-electron chi connectivity index (χ4n) is 1.42. The lowest BCUT2D eigenvalue weighted by atomic mass is 10.0. The highest BCUT2D eigenvalue weighted by Crippen LogP contribution is 2.31. The van der Waals surface area contributed by atoms with E-state index in [2.05, 4.69) is 13.8 Å². The normalized spacial score (nSPS) is 10.8. The maximum atomic E-state index is 6.08. The summed E-state index contributed by atoms with van der Waals surface area (Å²) in [5, 5.41) is 0.791. The van der Waals surface area contributed by atoms with Crippen molar-refractivity contribution in [2.24, 2.45) is 5.73 Å². The zero-order valence-corrected chi connectivity index (χ0v) is 10.3. The summed E-state index contributed by atoms with van der Waals surface area (Å²) < 4.78 is 5.60. The van der Waals surface area contributed by atoms with Gasteiger partial charge in [-0.15, -0.1) is 0 Å². The van der Waals surface area contributed by atoms with Crippen LogP contribution in [0.5, 0.6) is 5.75 Å². The molecule has 0 heterocycles. The van der Waals surface area contributed by atoms with Gasteiger partial charge in [-0.1, -0.05) is 25.4 Å². The van der Waals surface area contributed by atoms with Crippen LogP contribution in [0, 0.1) is 6.92 Å². The molecule has 0 amide bonds. The Balaban J connectivity index is 3.04. The van der Waals surface area contributed by atoms with E-state index in [1.807, 2.05) is 19.1 Å². The summed E-state index contributed by atoms with van der Waals surface area (Å²) in [6.45, 7) is 7.29. The second-order valence-electron chi connectivity index (χ2n) is 3.93. The molecule has 0 unspecified atom stereocenters. The highest BCUT2D eigenvalue weighted by Gasteiger charge is 2.10. The van der Waals surface area contributed by atoms with Gasteiger partial charge in [0.1, 0.15) is 12.4 Å². The third-order valence-electron chi connectivity index (χ3n) is 2.29. The van der Waals surface area contributed by atoms with E-state index in [-0.39, 0.29) is 0 Å². The molecule has 0 bridgehead atoms. The Morgan fingerprint density at radius 3 is 2.60 bits per heavy atom. The van der Waals surface area contributed by atoms with Gasteiger partial charge in [0.25, 0.3) is 0 Å². The summed E-state index contributed by atoms with van der Waals surface area (Å²) in [7, 11) is 0. The standard InChI is InChI=1S/C12H18ClNO/c1-8(2)10-7-11(13)9(3)6-12(10)15-5-4-14/h6-8H,4-5,14H2,1-3H3. The smallest absolute Gasteiger partial charge is 0.123 e. The molecule has 15 heavy (non-hydrogen) atoms. The summed E-state index contributed by atoms with van der Waals surface area (Å²) in [4.78, 5) is 0. The van der Waals surface area contributed by atoms with E-state index in [1.54, 1.807) is 0 Å². The third kappa shape index (κ3) is 3.11. The Morgan fingerprint density at radius 1 is 1.40 bits per heavy atom. The molecular formula is C12H18ClNO. The largest absolute Gasteiger partial charge is 0.492 e. The summed E-state index contributed by atoms with van der Waals surface area (Å²) in [5.74, 6) is 1.30. The SMILES string of the molecule is Cc1cc(OCCN)c(C(C)C)cc1Cl. The van der Waals surface area contributed by atoms with Gasteiger partial charge in [-0.3, -0.25) is 0 Å². The van der Waals surface area contributed by atoms with Gasteiger partial charge in [0, 0.05) is 11.6 Å². The highest BCUT2D eigenvalue weighted by atomic mass is 35.5. The van der Waals surface area contributed by atoms with Crippen LogP contribution in [0.2, 0.25) is 5.02 Å². The lowest BCUT2D eigenvalue weighted by molar-refractivity contribution is 0.323. The molecule has 0 aliphatic carbocycles. The maximum Gasteiger partial charge on any atom is 0.123 e. The number of hydrogen-bond donors (Lipinski definition) is 1. The lowest BCUT2D eigenvalue weighted by Gasteiger charge is -2.15. The van der Waals surface area contributed by atoms with Gasteiger partial charge in [0.15, 0.2) is 0 Å². The van der Waals surface area contributed by atoms with Crippen molar-refractivity contribution >= 4 is 11.6 Å². The van der Waals surface area contributed by atoms with Crippen LogP contribution in [-0.2, 0) is 0 Å². The molecule has 1 aromatic carbocycles. The van der Waals surface area contributed by atoms with E-state index in [9.17, 15) is 0 Å². The van der Waals surface area contributed by atoms with Crippen LogP contribution < -0.4 is 10.5 Å². The average Bonchev–Trinajstić information content (AvgIpc) is 2.19. The second-order valence-corrected chi connectivity index (χ2v) is 4.34. The van der Waals surface area contributed by atoms with Gasteiger partial charge >= 0.3 is 0 Å². The minimum Gasteiger partial charge on any atom is -0.492 e. The predicted octanol–water partition coefficient (Wildman–Crippen LogP) is 3.11. The molecule has 0 aromatic heterocycles. The monoisotopic (exact) mass is 227 g/mol. The van der Waals surface area contributed by atoms with Crippen molar-refractivity contribution in [1.29, 1.82) is 0 Å². The second kappa shape index (κ2) is 5.38. The first-order valence-electron chi connectivity index (χ1n) is 5.19. The first-order valence-corrected chi connectivity index (χ1v) is 5.57. The highest BCUT2D eigenvalue weighted by molar-refractivity contribution is 6.31. The van der Waals surface area contributed by atoms with Crippen LogP contribution in [0.4, 0.5) is 0 Å². The summed E-state index contributed by atoms with van der Waals surface area (Å²) >= 11 is 6.08. The Hall–Kier alpha value is -0.730. The molecule has 2 N–H and O–H groups in total. The van der Waals surface area contributed by atoms with E-state index >= 15 is 0 Å². The van der Waals surface area contributed by atoms with Crippen molar-refractivity contribution in [3.63, 3.8) is 0 Å². The van der Waals surface area contributed by atoms with Crippen LogP contribution in [0.15, 0.2) is 12.1 Å². The third-order valence-corrected chi connectivity index (χ3v) is 2.70. The van der Waals surface area contributed by atoms with Gasteiger partial charge in [-0.05, 0) is 36.1 Å². The Morgan fingerprint density at radius 2 is 2.07 bits per heavy atom. The quantitative estimate of drug-likeness (QED) is 0.858. The zero-order chi connectivity index (χ0) is 11.4. The number of benzene rings is 1. The summed E-state index contributed by atoms with van der Waals surface area (Å²) in [5.41, 5.74) is 7.59. The number of nitrogens with two attached hydrogens (primary N) is 1. The minimum atomic E-state index is 0.399. The zero-order valence-electron chi connectivity index (χ0n) is 9.51. The molecule has 0 aliphatic heterocycles. The fourth-order valence-corrected chi connectivity index (χ4v) is 1.59. The molecule has 0 saturated heterocycles. The Labute approximate surface area is 96.4 Å². The molecule has 3 heteroatoms. The average molecular weight is 228 g/mol. The Kier molecular flexibility index (Phi) is 4.43. The first kappa shape index (κ1) is 12.3. The van der Waals surface area contributed by atoms with Crippen LogP contribution in [0.1, 0.15) is 30.9 Å². The number of aryl methyl sites for hydroxylation is 1. The van der Waals surface area contributed by atoms with E-state index < -0.39 is 0 Å². The van der Waals surface area contributed by atoms with Gasteiger partial charge in [-0.25, -0.2) is 0 Å². The molecule has 0 radical (unpaired) electrons. The number of hydrogen-bond acceptors (Lipinski definition) is 2. The minimum absolute atomic E-state index is 0.399. The van der Waals surface area contributed by atoms with Crippen molar-refractivity contribution in [2.45, 2.75) is 26.7 Å². The summed E-state index contributed by atoms with van der Waals surface area (Å²) in [6, 6.07) is 3.96. The molecule has 0 saturated carbocycles. The van der Waals surface area contributed by atoms with Crippen LogP contribution in [-0.4, -0.2) is 13.2 Å². The van der Waals surface area contributed by atoms with Crippen molar-refractivity contribution in [3.05, 3.63) is 28.3 Å². The molecular weight excluding hydrogens is 210 g/mol. The molecule has 0 atom stereocenters. The van der Waals surface area contributed by atoms with E-state index in [4.69, 9.17) is 22.1 Å². The van der Waals surface area contributed by atoms with Crippen LogP contribution in [0.3, 0.4) is 0 Å². The molecule has 0 spiro atoms. The number of rotatable bonds is 4. The summed E-state index contributed by atoms with van der Waals surface area (Å²) in [6.07, 6.45) is 0. The lowest BCUT2D eigenvalue weighted by Crippen LogP contribution is -2.12. The molecule has 0 aliphatic rings. The topological polar surface area (TPSA) is 35.2 Å². The van der Waals surface area contributed by atoms with E-state index in [1.165, 1.54) is 0 Å². The van der Waals surface area contributed by atoms with Crippen LogP contribution >= 0.6 is 11.6 Å². The number of ether oxygens (including phenoxy) is 1. The molecule has 2 nitrogen and oxygen atoms in total. The van der Waals surface area contributed by atoms with Gasteiger partial charge in [-0.2, -0.15) is 0 Å². The molecule has 1 rings (SSSR count). The van der Waals surface area contributed by atoms with Crippen molar-refractivity contribution in [3.8, 4) is 5.75 Å². The van der Waals surface area contributed by atoms with Gasteiger partial charge in [0.05, 0.1) is 0 Å². The molecule has 1 aromatic rings. The van der Waals surface area contributed by atoms with Crippen LogP contribution in [0.25, 0.3) is 0 Å². The fraction of sp³-hybridized carbons (Fsp3) is 0.500. The van der Waals surface area contributed by atoms with Crippen molar-refractivity contribution in [2.75, 3.05) is 13.2 Å². The Bertz CT molecular complexity index is 337. The maximum absolute atomic E-state index is 6.08. The first-order chi connectivity index (χ1) is 7.06. The number of halogens is 1. The van der Waals surface area contributed by atoms with Gasteiger partial charge in [0.2, 0.25) is 0 Å². The predicted molar refractivity (Wildman–Crippen MR) is 64.8 cm³/mol.